The van der Waals surface area contributed by atoms with Crippen molar-refractivity contribution < 1.29 is 23.6 Å². The Hall–Kier alpha value is -2.85. The Morgan fingerprint density at radius 3 is 2.41 bits per heavy atom. The fourth-order valence-electron chi connectivity index (χ4n) is 4.59. The summed E-state index contributed by atoms with van der Waals surface area (Å²) in [4.78, 5) is 24.6. The van der Waals surface area contributed by atoms with E-state index in [2.05, 4.69) is 17.3 Å². The van der Waals surface area contributed by atoms with Gasteiger partial charge in [-0.05, 0) is 70.1 Å². The second-order valence-corrected chi connectivity index (χ2v) is 10.2. The van der Waals surface area contributed by atoms with Crippen molar-refractivity contribution in [3.05, 3.63) is 35.5 Å². The van der Waals surface area contributed by atoms with E-state index in [0.29, 0.717) is 34.0 Å². The maximum atomic E-state index is 12.5. The van der Waals surface area contributed by atoms with Crippen LogP contribution in [0.5, 0.6) is 0 Å². The normalized spacial score (nSPS) is 23.2. The molecule has 1 amide bonds. The predicted octanol–water partition coefficient (Wildman–Crippen LogP) is 3.17. The number of aromatic nitrogens is 2. The van der Waals surface area contributed by atoms with E-state index in [1.807, 2.05) is 32.4 Å². The molecule has 4 rings (SSSR count). The summed E-state index contributed by atoms with van der Waals surface area (Å²) in [5.41, 5.74) is 6.29. The van der Waals surface area contributed by atoms with E-state index in [-0.39, 0.29) is 6.04 Å². The SMILES string of the molecule is COC(=O)c1ccc(Nc2nn([C@H]3CCC[C@@H]3C)cc2C(N)=O)cc1B1OC(C)(C)C(C)(C)O1. The van der Waals surface area contributed by atoms with E-state index in [9.17, 15) is 9.59 Å². The Balaban J connectivity index is 1.70. The highest BCUT2D eigenvalue weighted by Crippen LogP contribution is 2.38. The van der Waals surface area contributed by atoms with Crippen LogP contribution in [-0.4, -0.2) is 47.1 Å². The lowest BCUT2D eigenvalue weighted by atomic mass is 9.75. The summed E-state index contributed by atoms with van der Waals surface area (Å²) in [5.74, 6) is -0.203. The number of rotatable bonds is 6. The highest BCUT2D eigenvalue weighted by atomic mass is 16.7. The number of nitrogens with one attached hydrogen (secondary N) is 1. The lowest BCUT2D eigenvalue weighted by Crippen LogP contribution is -2.41. The van der Waals surface area contributed by atoms with Crippen LogP contribution in [0.1, 0.15) is 80.6 Å². The molecule has 1 aliphatic heterocycles. The van der Waals surface area contributed by atoms with Gasteiger partial charge in [0.2, 0.25) is 0 Å². The van der Waals surface area contributed by atoms with Crippen LogP contribution in [-0.2, 0) is 14.0 Å². The molecule has 2 fully saturated rings. The molecule has 3 N–H and O–H groups in total. The van der Waals surface area contributed by atoms with Crippen LogP contribution in [0.2, 0.25) is 0 Å². The maximum Gasteiger partial charge on any atom is 0.495 e. The molecule has 0 radical (unpaired) electrons. The van der Waals surface area contributed by atoms with Gasteiger partial charge in [-0.15, -0.1) is 0 Å². The van der Waals surface area contributed by atoms with E-state index in [1.54, 1.807) is 24.4 Å². The number of benzene rings is 1. The van der Waals surface area contributed by atoms with E-state index in [1.165, 1.54) is 7.11 Å². The van der Waals surface area contributed by atoms with Crippen molar-refractivity contribution in [3.8, 4) is 0 Å². The van der Waals surface area contributed by atoms with Gasteiger partial charge in [0.1, 0.15) is 5.56 Å². The van der Waals surface area contributed by atoms with Gasteiger partial charge in [-0.25, -0.2) is 4.79 Å². The molecule has 0 spiro atoms. The quantitative estimate of drug-likeness (QED) is 0.494. The number of nitrogens with two attached hydrogens (primary N) is 1. The van der Waals surface area contributed by atoms with E-state index >= 15 is 0 Å². The predicted molar refractivity (Wildman–Crippen MR) is 130 cm³/mol. The molecule has 2 aromatic rings. The number of carbonyl (C=O) groups is 2. The first-order valence-electron chi connectivity index (χ1n) is 11.7. The summed E-state index contributed by atoms with van der Waals surface area (Å²) >= 11 is 0. The van der Waals surface area contributed by atoms with Crippen LogP contribution in [0.3, 0.4) is 0 Å². The van der Waals surface area contributed by atoms with Crippen LogP contribution in [0.15, 0.2) is 24.4 Å². The van der Waals surface area contributed by atoms with Gasteiger partial charge in [0, 0.05) is 11.9 Å². The molecule has 0 unspecified atom stereocenters. The fourth-order valence-corrected chi connectivity index (χ4v) is 4.59. The molecule has 2 aliphatic rings. The minimum atomic E-state index is -0.770. The lowest BCUT2D eigenvalue weighted by Gasteiger charge is -2.32. The van der Waals surface area contributed by atoms with Crippen molar-refractivity contribution in [1.29, 1.82) is 0 Å². The third kappa shape index (κ3) is 4.32. The van der Waals surface area contributed by atoms with Crippen LogP contribution in [0.25, 0.3) is 0 Å². The minimum Gasteiger partial charge on any atom is -0.465 e. The maximum absolute atomic E-state index is 12.5. The monoisotopic (exact) mass is 468 g/mol. The summed E-state index contributed by atoms with van der Waals surface area (Å²) in [6, 6.07) is 5.36. The fraction of sp³-hybridized carbons (Fsp3) is 0.542. The van der Waals surface area contributed by atoms with Crippen LogP contribution in [0.4, 0.5) is 11.5 Å². The third-order valence-electron chi connectivity index (χ3n) is 7.38. The first kappa shape index (κ1) is 24.3. The van der Waals surface area contributed by atoms with Gasteiger partial charge in [-0.1, -0.05) is 13.3 Å². The minimum absolute atomic E-state index is 0.232. The zero-order valence-corrected chi connectivity index (χ0v) is 20.7. The highest BCUT2D eigenvalue weighted by Gasteiger charge is 2.52. The smallest absolute Gasteiger partial charge is 0.465 e. The van der Waals surface area contributed by atoms with Crippen molar-refractivity contribution >= 4 is 36.0 Å². The Morgan fingerprint density at radius 1 is 1.18 bits per heavy atom. The zero-order valence-electron chi connectivity index (χ0n) is 20.7. The van der Waals surface area contributed by atoms with Gasteiger partial charge < -0.3 is 25.1 Å². The van der Waals surface area contributed by atoms with Crippen LogP contribution in [0, 0.1) is 5.92 Å². The third-order valence-corrected chi connectivity index (χ3v) is 7.38. The summed E-state index contributed by atoms with van der Waals surface area (Å²) in [5, 5.41) is 7.86. The number of esters is 1. The Labute approximate surface area is 200 Å². The Morgan fingerprint density at radius 2 is 1.85 bits per heavy atom. The molecule has 9 nitrogen and oxygen atoms in total. The van der Waals surface area contributed by atoms with Crippen LogP contribution < -0.4 is 16.5 Å². The van der Waals surface area contributed by atoms with Gasteiger partial charge in [0.25, 0.3) is 5.91 Å². The molecule has 34 heavy (non-hydrogen) atoms. The zero-order chi connectivity index (χ0) is 24.8. The average Bonchev–Trinajstić information content (AvgIpc) is 3.43. The number of hydrogen-bond acceptors (Lipinski definition) is 7. The highest BCUT2D eigenvalue weighted by molar-refractivity contribution is 6.63. The molecule has 10 heteroatoms. The number of hydrogen-bond donors (Lipinski definition) is 2. The van der Waals surface area contributed by atoms with E-state index < -0.39 is 30.2 Å². The lowest BCUT2D eigenvalue weighted by molar-refractivity contribution is 0.00578. The average molecular weight is 468 g/mol. The van der Waals surface area contributed by atoms with Gasteiger partial charge in [0.15, 0.2) is 5.82 Å². The molecular formula is C24H33BN4O5. The molecule has 1 aromatic carbocycles. The molecule has 1 saturated carbocycles. The molecule has 0 bridgehead atoms. The summed E-state index contributed by atoms with van der Waals surface area (Å²) < 4.78 is 19.2. The summed E-state index contributed by atoms with van der Waals surface area (Å²) in [6.45, 7) is 9.98. The van der Waals surface area contributed by atoms with Gasteiger partial charge >= 0.3 is 13.1 Å². The Bertz CT molecular complexity index is 1100. The molecule has 182 valence electrons. The van der Waals surface area contributed by atoms with Crippen molar-refractivity contribution in [2.75, 3.05) is 12.4 Å². The van der Waals surface area contributed by atoms with Gasteiger partial charge in [0.05, 0.1) is 29.9 Å². The van der Waals surface area contributed by atoms with Crippen molar-refractivity contribution in [1.82, 2.24) is 9.78 Å². The first-order valence-corrected chi connectivity index (χ1v) is 11.7. The summed E-state index contributed by atoms with van der Waals surface area (Å²) in [6.07, 6.45) is 4.99. The van der Waals surface area contributed by atoms with Crippen LogP contribution >= 0.6 is 0 Å². The van der Waals surface area contributed by atoms with Crippen molar-refractivity contribution in [3.63, 3.8) is 0 Å². The topological polar surface area (TPSA) is 118 Å². The van der Waals surface area contributed by atoms with E-state index in [0.717, 1.165) is 19.3 Å². The molecule has 1 aromatic heterocycles. The molecule has 2 atom stereocenters. The number of methoxy groups -OCH3 is 1. The number of carbonyl (C=O) groups excluding carboxylic acids is 2. The number of primary amides is 1. The molecular weight excluding hydrogens is 435 g/mol. The summed E-state index contributed by atoms with van der Waals surface area (Å²) in [7, 11) is 0.562. The van der Waals surface area contributed by atoms with Crippen molar-refractivity contribution in [2.24, 2.45) is 11.7 Å². The number of nitrogens with zero attached hydrogens (tertiary/aromatic N) is 2. The standard InChI is InChI=1S/C24H33BN4O5/c1-14-8-7-9-19(14)29-13-17(20(26)30)21(28-29)27-15-10-11-16(22(31)32-6)18(12-15)25-33-23(2,3)24(4,5)34-25/h10-14,19H,7-9H2,1-6H3,(H2,26,30)(H,27,28)/t14-,19-/m0/s1. The second-order valence-electron chi connectivity index (χ2n) is 10.2. The molecule has 1 saturated heterocycles. The largest absolute Gasteiger partial charge is 0.495 e. The van der Waals surface area contributed by atoms with E-state index in [4.69, 9.17) is 19.8 Å². The second kappa shape index (κ2) is 8.74. The number of ether oxygens (including phenoxy) is 1. The molecule has 1 aliphatic carbocycles. The first-order chi connectivity index (χ1) is 15.9. The van der Waals surface area contributed by atoms with Gasteiger partial charge in [-0.3, -0.25) is 9.48 Å². The van der Waals surface area contributed by atoms with Gasteiger partial charge in [-0.2, -0.15) is 5.10 Å². The van der Waals surface area contributed by atoms with Crippen molar-refractivity contribution in [2.45, 2.75) is 71.1 Å². The number of anilines is 2. The number of amides is 1. The molecule has 2 heterocycles. The Kier molecular flexibility index (Phi) is 6.24.